The average molecular weight is 395 g/mol. The molecule has 0 aliphatic heterocycles. The summed E-state index contributed by atoms with van der Waals surface area (Å²) in [6.07, 6.45) is 9.27. The van der Waals surface area contributed by atoms with Crippen LogP contribution in [0.5, 0.6) is 0 Å². The van der Waals surface area contributed by atoms with E-state index in [9.17, 15) is 0 Å². The number of hydrogen-bond acceptors (Lipinski definition) is 0. The van der Waals surface area contributed by atoms with E-state index in [1.807, 2.05) is 0 Å². The summed E-state index contributed by atoms with van der Waals surface area (Å²) in [6.45, 7) is 14.1. The van der Waals surface area contributed by atoms with Crippen molar-refractivity contribution in [3.05, 3.63) is 28.1 Å². The van der Waals surface area contributed by atoms with Crippen LogP contribution in [0.3, 0.4) is 0 Å². The summed E-state index contributed by atoms with van der Waals surface area (Å²) in [6, 6.07) is 0. The SMILES string of the molecule is CC1=CC(C)([N-]C2([SiH](C)C)CCCCC2)C(C)=C1C.[Cl-].[Cl-].[Ti+3]. The molecule has 0 aromatic rings. The largest absolute Gasteiger partial charge is 3.00 e. The van der Waals surface area contributed by atoms with Crippen LogP contribution in [0.15, 0.2) is 22.8 Å². The minimum Gasteiger partial charge on any atom is -1.00 e. The van der Waals surface area contributed by atoms with Gasteiger partial charge in [-0.15, -0.1) is 5.16 Å². The minimum atomic E-state index is -0.774. The second-order valence-electron chi connectivity index (χ2n) is 7.16. The molecule has 1 unspecified atom stereocenters. The van der Waals surface area contributed by atoms with Crippen molar-refractivity contribution in [2.75, 3.05) is 0 Å². The molecule has 0 amide bonds. The van der Waals surface area contributed by atoms with E-state index in [1.165, 1.54) is 48.8 Å². The maximum atomic E-state index is 5.51. The van der Waals surface area contributed by atoms with E-state index in [4.69, 9.17) is 5.32 Å². The van der Waals surface area contributed by atoms with Crippen LogP contribution < -0.4 is 24.8 Å². The van der Waals surface area contributed by atoms with Crippen molar-refractivity contribution in [1.82, 2.24) is 0 Å². The Labute approximate surface area is 166 Å². The molecule has 22 heavy (non-hydrogen) atoms. The molecule has 0 heterocycles. The van der Waals surface area contributed by atoms with Crippen molar-refractivity contribution in [2.45, 2.75) is 83.6 Å². The first-order valence-electron chi connectivity index (χ1n) is 7.93. The number of allylic oxidation sites excluding steroid dienone is 2. The molecule has 1 atom stereocenters. The van der Waals surface area contributed by atoms with Gasteiger partial charge < -0.3 is 30.1 Å². The average Bonchev–Trinajstić information content (AvgIpc) is 2.54. The first kappa shape index (κ1) is 25.2. The molecule has 2 rings (SSSR count). The Kier molecular flexibility index (Phi) is 10.8. The zero-order valence-electron chi connectivity index (χ0n) is 14.9. The van der Waals surface area contributed by atoms with Crippen molar-refractivity contribution < 1.29 is 46.5 Å². The molecular formula is C17H30Cl2NSiTi. The topological polar surface area (TPSA) is 14.1 Å². The predicted molar refractivity (Wildman–Crippen MR) is 88.6 cm³/mol. The van der Waals surface area contributed by atoms with Crippen LogP contribution in [0.1, 0.15) is 59.8 Å². The number of hydrogen-bond donors (Lipinski definition) is 0. The summed E-state index contributed by atoms with van der Waals surface area (Å²) >= 11 is 0. The van der Waals surface area contributed by atoms with Crippen molar-refractivity contribution in [3.8, 4) is 0 Å². The fourth-order valence-corrected chi connectivity index (χ4v) is 5.96. The summed E-state index contributed by atoms with van der Waals surface area (Å²) in [4.78, 5) is 0. The molecule has 0 aromatic carbocycles. The van der Waals surface area contributed by atoms with Crippen LogP contribution in [0, 0.1) is 0 Å². The zero-order valence-corrected chi connectivity index (χ0v) is 19.1. The second-order valence-corrected chi connectivity index (χ2v) is 10.5. The normalized spacial score (nSPS) is 26.8. The van der Waals surface area contributed by atoms with Gasteiger partial charge >= 0.3 is 21.7 Å². The van der Waals surface area contributed by atoms with E-state index in [-0.39, 0.29) is 52.1 Å². The van der Waals surface area contributed by atoms with Crippen LogP contribution in [-0.4, -0.2) is 19.5 Å². The Balaban J connectivity index is 0. The van der Waals surface area contributed by atoms with Crippen molar-refractivity contribution in [1.29, 1.82) is 0 Å². The van der Waals surface area contributed by atoms with Crippen LogP contribution in [0.25, 0.3) is 5.32 Å². The third-order valence-corrected chi connectivity index (χ3v) is 8.52. The number of nitrogens with zero attached hydrogens (tertiary/aromatic N) is 1. The fraction of sp³-hybridized carbons (Fsp3) is 0.765. The van der Waals surface area contributed by atoms with Crippen LogP contribution >= 0.6 is 0 Å². The Morgan fingerprint density at radius 1 is 1.00 bits per heavy atom. The predicted octanol–water partition coefficient (Wildman–Crippen LogP) is -0.851. The first-order valence-corrected chi connectivity index (χ1v) is 10.8. The van der Waals surface area contributed by atoms with E-state index in [0.29, 0.717) is 5.16 Å². The smallest absolute Gasteiger partial charge is 1.00 e. The Bertz CT molecular complexity index is 428. The molecule has 2 aliphatic carbocycles. The molecule has 1 fully saturated rings. The van der Waals surface area contributed by atoms with Gasteiger partial charge in [-0.2, -0.15) is 0 Å². The molecule has 5 heteroatoms. The van der Waals surface area contributed by atoms with Crippen LogP contribution in [0.2, 0.25) is 13.1 Å². The standard InChI is InChI=1S/C17H30NSi.2ClH.Ti/c1-13-12-16(4,15(3)14(13)2)18-17(19(5)6)10-8-7-9-11-17;;;/h12,19H,7-11H2,1-6H3;2*1H;/q-1;;;+3/p-2. The van der Waals surface area contributed by atoms with Gasteiger partial charge in [0.05, 0.1) is 0 Å². The summed E-state index contributed by atoms with van der Waals surface area (Å²) in [7, 11) is -0.774. The molecule has 1 radical (unpaired) electrons. The van der Waals surface area contributed by atoms with Gasteiger partial charge in [0.2, 0.25) is 0 Å². The van der Waals surface area contributed by atoms with E-state index in [2.05, 4.69) is 46.9 Å². The summed E-state index contributed by atoms with van der Waals surface area (Å²) in [5, 5.41) is 5.85. The molecule has 2 aliphatic rings. The Hall–Kier alpha value is 0.951. The Morgan fingerprint density at radius 3 is 1.86 bits per heavy atom. The maximum absolute atomic E-state index is 5.51. The molecule has 1 nitrogen and oxygen atoms in total. The number of halogens is 2. The second kappa shape index (κ2) is 9.44. The first-order chi connectivity index (χ1) is 8.81. The summed E-state index contributed by atoms with van der Waals surface area (Å²) < 4.78 is 0. The van der Waals surface area contributed by atoms with E-state index < -0.39 is 8.80 Å². The van der Waals surface area contributed by atoms with Crippen molar-refractivity contribution in [2.24, 2.45) is 0 Å². The zero-order chi connectivity index (χ0) is 14.3. The molecular weight excluding hydrogens is 365 g/mol. The molecule has 0 bridgehead atoms. The van der Waals surface area contributed by atoms with Gasteiger partial charge in [0.25, 0.3) is 0 Å². The van der Waals surface area contributed by atoms with Gasteiger partial charge in [-0.1, -0.05) is 80.5 Å². The van der Waals surface area contributed by atoms with E-state index in [0.717, 1.165) is 0 Å². The van der Waals surface area contributed by atoms with E-state index >= 15 is 0 Å². The van der Waals surface area contributed by atoms with E-state index in [1.54, 1.807) is 0 Å². The molecule has 0 saturated heterocycles. The molecule has 0 N–H and O–H groups in total. The van der Waals surface area contributed by atoms with Crippen molar-refractivity contribution >= 4 is 8.80 Å². The van der Waals surface area contributed by atoms with Crippen molar-refractivity contribution in [3.63, 3.8) is 0 Å². The monoisotopic (exact) mass is 394 g/mol. The summed E-state index contributed by atoms with van der Waals surface area (Å²) in [5.74, 6) is 0. The Morgan fingerprint density at radius 2 is 1.50 bits per heavy atom. The van der Waals surface area contributed by atoms with Gasteiger partial charge in [0.1, 0.15) is 0 Å². The third kappa shape index (κ3) is 4.74. The third-order valence-electron chi connectivity index (χ3n) is 5.66. The number of rotatable bonds is 3. The molecule has 125 valence electrons. The quantitative estimate of drug-likeness (QED) is 0.553. The maximum Gasteiger partial charge on any atom is 3.00 e. The van der Waals surface area contributed by atoms with Crippen LogP contribution in [0.4, 0.5) is 0 Å². The van der Waals surface area contributed by atoms with Gasteiger partial charge in [0.15, 0.2) is 0 Å². The van der Waals surface area contributed by atoms with Gasteiger partial charge in [-0.25, -0.2) is 0 Å². The fourth-order valence-electron chi connectivity index (χ4n) is 3.87. The van der Waals surface area contributed by atoms with Gasteiger partial charge in [0, 0.05) is 8.80 Å². The summed E-state index contributed by atoms with van der Waals surface area (Å²) in [5.41, 5.74) is 4.34. The van der Waals surface area contributed by atoms with Crippen LogP contribution in [-0.2, 0) is 21.7 Å². The molecule has 0 aromatic heterocycles. The molecule has 0 spiro atoms. The van der Waals surface area contributed by atoms with Gasteiger partial charge in [-0.05, 0) is 20.8 Å². The molecule has 1 saturated carbocycles. The van der Waals surface area contributed by atoms with Gasteiger partial charge in [-0.3, -0.25) is 0 Å². The minimum absolute atomic E-state index is 0.